The Kier molecular flexibility index (Phi) is 3.71. The molecule has 0 radical (unpaired) electrons. The maximum atomic E-state index is 10.7. The molecule has 7 nitrogen and oxygen atoms in total. The lowest BCUT2D eigenvalue weighted by Gasteiger charge is -2.09. The first-order valence-corrected chi connectivity index (χ1v) is 6.07. The second kappa shape index (κ2) is 4.70. The topological polar surface area (TPSA) is 138 Å². The van der Waals surface area contributed by atoms with E-state index in [2.05, 4.69) is 0 Å². The Morgan fingerprint density at radius 2 is 2.00 bits per heavy atom. The molecule has 1 unspecified atom stereocenters. The van der Waals surface area contributed by atoms with E-state index in [-0.39, 0.29) is 16.9 Å². The molecule has 0 saturated carbocycles. The first-order chi connectivity index (χ1) is 7.70. The van der Waals surface area contributed by atoms with Crippen LogP contribution in [0.3, 0.4) is 0 Å². The molecule has 17 heavy (non-hydrogen) atoms. The van der Waals surface area contributed by atoms with E-state index in [9.17, 15) is 18.3 Å². The van der Waals surface area contributed by atoms with Crippen LogP contribution in [0.15, 0.2) is 18.2 Å². The van der Waals surface area contributed by atoms with Gasteiger partial charge in [0.1, 0.15) is 17.5 Å². The van der Waals surface area contributed by atoms with Crippen molar-refractivity contribution in [2.75, 3.05) is 0 Å². The van der Waals surface area contributed by atoms with Gasteiger partial charge in [-0.2, -0.15) is 8.42 Å². The van der Waals surface area contributed by atoms with Gasteiger partial charge in [-0.25, -0.2) is 0 Å². The maximum Gasteiger partial charge on any atom is 0.325 e. The molecule has 0 fully saturated rings. The molecule has 1 atom stereocenters. The van der Waals surface area contributed by atoms with Crippen molar-refractivity contribution in [3.05, 3.63) is 29.3 Å². The number of phenols is 1. The lowest BCUT2D eigenvalue weighted by Crippen LogP contribution is -2.20. The summed E-state index contributed by atoms with van der Waals surface area (Å²) in [5, 5.41) is 18.0. The van der Waals surface area contributed by atoms with E-state index < -0.39 is 27.9 Å². The van der Waals surface area contributed by atoms with E-state index in [1.54, 1.807) is 0 Å². The molecule has 0 bridgehead atoms. The smallest absolute Gasteiger partial charge is 0.325 e. The first-order valence-electron chi connectivity index (χ1n) is 4.46. The summed E-state index contributed by atoms with van der Waals surface area (Å²) < 4.78 is 30.0. The highest BCUT2D eigenvalue weighted by Gasteiger charge is 2.17. The number of phenolic OH excluding ortho intramolecular Hbond substituents is 1. The van der Waals surface area contributed by atoms with Crippen molar-refractivity contribution in [1.82, 2.24) is 0 Å². The fraction of sp³-hybridized carbons (Fsp3) is 0.222. The molecule has 0 aromatic heterocycles. The molecule has 5 N–H and O–H groups in total. The van der Waals surface area contributed by atoms with Crippen LogP contribution in [0.2, 0.25) is 0 Å². The number of aromatic hydroxyl groups is 1. The van der Waals surface area contributed by atoms with Crippen LogP contribution in [0.5, 0.6) is 5.75 Å². The van der Waals surface area contributed by atoms with Crippen molar-refractivity contribution in [2.24, 2.45) is 5.73 Å². The average Bonchev–Trinajstić information content (AvgIpc) is 2.18. The average molecular weight is 261 g/mol. The van der Waals surface area contributed by atoms with Gasteiger partial charge in [0.15, 0.2) is 0 Å². The monoisotopic (exact) mass is 261 g/mol. The molecular weight excluding hydrogens is 250 g/mol. The summed E-state index contributed by atoms with van der Waals surface area (Å²) in [6, 6.07) is 2.19. The molecule has 0 aliphatic rings. The number of carbonyl (C=O) groups is 1. The Balaban J connectivity index is 3.15. The van der Waals surface area contributed by atoms with Crippen molar-refractivity contribution >= 4 is 16.1 Å². The molecule has 0 aliphatic heterocycles. The summed E-state index contributed by atoms with van der Waals surface area (Å²) in [4.78, 5) is 10.6. The van der Waals surface area contributed by atoms with E-state index in [1.165, 1.54) is 6.07 Å². The number of carboxylic acids is 1. The molecular formula is C9H11NO6S. The highest BCUT2D eigenvalue weighted by Crippen LogP contribution is 2.23. The standard InChI is InChI=1S/C9H11NO6S/c10-8(9(12)13)5-1-2-7(11)6(3-5)4-17(14,15)16/h1-3,8,11H,4,10H2,(H,12,13)(H,14,15,16). The lowest BCUT2D eigenvalue weighted by atomic mass is 10.0. The number of hydrogen-bond donors (Lipinski definition) is 4. The summed E-state index contributed by atoms with van der Waals surface area (Å²) in [5.41, 5.74) is 5.35. The fourth-order valence-corrected chi connectivity index (χ4v) is 1.88. The lowest BCUT2D eigenvalue weighted by molar-refractivity contribution is -0.138. The number of rotatable bonds is 4. The summed E-state index contributed by atoms with van der Waals surface area (Å²) >= 11 is 0. The van der Waals surface area contributed by atoms with Crippen LogP contribution in [0.4, 0.5) is 0 Å². The third-order valence-electron chi connectivity index (χ3n) is 2.07. The minimum absolute atomic E-state index is 0.110. The Morgan fingerprint density at radius 3 is 2.47 bits per heavy atom. The molecule has 0 spiro atoms. The van der Waals surface area contributed by atoms with Crippen LogP contribution >= 0.6 is 0 Å². The normalized spacial score (nSPS) is 13.3. The number of aliphatic carboxylic acids is 1. The molecule has 0 aliphatic carbocycles. The number of benzene rings is 1. The second-order valence-corrected chi connectivity index (χ2v) is 4.88. The van der Waals surface area contributed by atoms with Crippen LogP contribution in [-0.2, 0) is 20.7 Å². The van der Waals surface area contributed by atoms with Crippen LogP contribution < -0.4 is 5.73 Å². The highest BCUT2D eigenvalue weighted by atomic mass is 32.2. The van der Waals surface area contributed by atoms with Crippen molar-refractivity contribution < 1.29 is 28.0 Å². The van der Waals surface area contributed by atoms with Gasteiger partial charge >= 0.3 is 5.97 Å². The zero-order valence-electron chi connectivity index (χ0n) is 8.57. The van der Waals surface area contributed by atoms with E-state index in [4.69, 9.17) is 15.4 Å². The first kappa shape index (κ1) is 13.4. The second-order valence-electron chi connectivity index (χ2n) is 3.43. The van der Waals surface area contributed by atoms with Crippen molar-refractivity contribution in [3.8, 4) is 5.75 Å². The summed E-state index contributed by atoms with van der Waals surface area (Å²) in [5.74, 6) is -2.45. The molecule has 0 heterocycles. The largest absolute Gasteiger partial charge is 0.508 e. The van der Waals surface area contributed by atoms with Crippen molar-refractivity contribution in [1.29, 1.82) is 0 Å². The Bertz CT molecular complexity index is 538. The quantitative estimate of drug-likeness (QED) is 0.553. The van der Waals surface area contributed by atoms with Gasteiger partial charge in [0.2, 0.25) is 0 Å². The maximum absolute atomic E-state index is 10.7. The third-order valence-corrected chi connectivity index (χ3v) is 2.74. The van der Waals surface area contributed by atoms with Gasteiger partial charge < -0.3 is 15.9 Å². The zero-order valence-corrected chi connectivity index (χ0v) is 9.38. The zero-order chi connectivity index (χ0) is 13.2. The molecule has 1 rings (SSSR count). The Morgan fingerprint density at radius 1 is 1.41 bits per heavy atom. The Hall–Kier alpha value is -1.64. The molecule has 1 aromatic rings. The molecule has 0 amide bonds. The van der Waals surface area contributed by atoms with Gasteiger partial charge in [0.25, 0.3) is 10.1 Å². The highest BCUT2D eigenvalue weighted by molar-refractivity contribution is 7.85. The van der Waals surface area contributed by atoms with Crippen LogP contribution in [0, 0.1) is 0 Å². The predicted molar refractivity (Wildman–Crippen MR) is 57.9 cm³/mol. The van der Waals surface area contributed by atoms with Crippen LogP contribution in [0.25, 0.3) is 0 Å². The number of hydrogen-bond acceptors (Lipinski definition) is 5. The summed E-state index contributed by atoms with van der Waals surface area (Å²) in [6.45, 7) is 0. The number of nitrogens with two attached hydrogens (primary N) is 1. The van der Waals surface area contributed by atoms with Gasteiger partial charge in [0.05, 0.1) is 0 Å². The van der Waals surface area contributed by atoms with E-state index in [1.807, 2.05) is 0 Å². The minimum Gasteiger partial charge on any atom is -0.508 e. The molecule has 94 valence electrons. The molecule has 1 aromatic carbocycles. The van der Waals surface area contributed by atoms with Crippen molar-refractivity contribution in [2.45, 2.75) is 11.8 Å². The van der Waals surface area contributed by atoms with Gasteiger partial charge in [-0.15, -0.1) is 0 Å². The summed E-state index contributed by atoms with van der Waals surface area (Å²) in [6.07, 6.45) is 0. The summed E-state index contributed by atoms with van der Waals surface area (Å²) in [7, 11) is -4.31. The van der Waals surface area contributed by atoms with Crippen LogP contribution in [-0.4, -0.2) is 29.2 Å². The van der Waals surface area contributed by atoms with Gasteiger partial charge in [0, 0.05) is 5.56 Å². The minimum atomic E-state index is -4.31. The fourth-order valence-electron chi connectivity index (χ4n) is 1.25. The van der Waals surface area contributed by atoms with E-state index in [0.717, 1.165) is 12.1 Å². The van der Waals surface area contributed by atoms with Gasteiger partial charge in [-0.05, 0) is 17.7 Å². The van der Waals surface area contributed by atoms with Gasteiger partial charge in [-0.1, -0.05) is 6.07 Å². The SMILES string of the molecule is NC(C(=O)O)c1ccc(O)c(CS(=O)(=O)O)c1. The van der Waals surface area contributed by atoms with Crippen molar-refractivity contribution in [3.63, 3.8) is 0 Å². The van der Waals surface area contributed by atoms with Gasteiger partial charge in [-0.3, -0.25) is 9.35 Å². The van der Waals surface area contributed by atoms with Crippen LogP contribution in [0.1, 0.15) is 17.2 Å². The molecule has 8 heteroatoms. The molecule has 0 saturated heterocycles. The Labute approximate surface area is 97.2 Å². The van der Waals surface area contributed by atoms with E-state index in [0.29, 0.717) is 0 Å². The van der Waals surface area contributed by atoms with E-state index >= 15 is 0 Å². The third kappa shape index (κ3) is 3.70. The predicted octanol–water partition coefficient (Wildman–Crippen LogP) is -0.136. The number of carboxylic acid groups (broad SMARTS) is 1.